The maximum atomic E-state index is 11.8. The van der Waals surface area contributed by atoms with Crippen molar-refractivity contribution >= 4 is 5.91 Å². The SMILES string of the molecule is CCCCCCCCCCCCN1CCCCCC1=O.N. The Bertz CT molecular complexity index is 243. The van der Waals surface area contributed by atoms with Gasteiger partial charge >= 0.3 is 0 Å². The zero-order valence-electron chi connectivity index (χ0n) is 14.4. The van der Waals surface area contributed by atoms with E-state index in [2.05, 4.69) is 11.8 Å². The minimum atomic E-state index is 0. The summed E-state index contributed by atoms with van der Waals surface area (Å²) in [5.74, 6) is 0.401. The largest absolute Gasteiger partial charge is 0.344 e. The van der Waals surface area contributed by atoms with Crippen molar-refractivity contribution in [3.8, 4) is 0 Å². The van der Waals surface area contributed by atoms with E-state index in [0.29, 0.717) is 5.91 Å². The van der Waals surface area contributed by atoms with Crippen LogP contribution >= 0.6 is 0 Å². The third-order valence-electron chi connectivity index (χ3n) is 4.45. The van der Waals surface area contributed by atoms with E-state index in [9.17, 15) is 4.79 Å². The summed E-state index contributed by atoms with van der Waals surface area (Å²) in [6.07, 6.45) is 18.0. The number of carbonyl (C=O) groups is 1. The molecule has 126 valence electrons. The first-order chi connectivity index (χ1) is 9.84. The molecule has 0 saturated carbocycles. The minimum absolute atomic E-state index is 0. The van der Waals surface area contributed by atoms with Crippen molar-refractivity contribution in [1.82, 2.24) is 11.1 Å². The van der Waals surface area contributed by atoms with Gasteiger partial charge in [0.1, 0.15) is 0 Å². The quantitative estimate of drug-likeness (QED) is 0.514. The highest BCUT2D eigenvalue weighted by Crippen LogP contribution is 2.14. The van der Waals surface area contributed by atoms with Crippen molar-refractivity contribution in [3.63, 3.8) is 0 Å². The summed E-state index contributed by atoms with van der Waals surface area (Å²) >= 11 is 0. The lowest BCUT2D eigenvalue weighted by molar-refractivity contribution is -0.130. The maximum absolute atomic E-state index is 11.8. The molecule has 1 aliphatic heterocycles. The molecule has 0 aliphatic carbocycles. The van der Waals surface area contributed by atoms with Crippen LogP contribution < -0.4 is 6.15 Å². The number of rotatable bonds is 11. The molecule has 3 heteroatoms. The molecule has 0 aromatic heterocycles. The molecule has 0 spiro atoms. The Morgan fingerprint density at radius 2 is 1.38 bits per heavy atom. The van der Waals surface area contributed by atoms with Gasteiger partial charge in [0.05, 0.1) is 0 Å². The summed E-state index contributed by atoms with van der Waals surface area (Å²) in [6.45, 7) is 4.29. The van der Waals surface area contributed by atoms with Crippen LogP contribution in [0.1, 0.15) is 96.8 Å². The van der Waals surface area contributed by atoms with Gasteiger partial charge in [-0.3, -0.25) is 4.79 Å². The molecule has 0 atom stereocenters. The van der Waals surface area contributed by atoms with Gasteiger partial charge in [0.2, 0.25) is 5.91 Å². The summed E-state index contributed by atoms with van der Waals surface area (Å²) in [7, 11) is 0. The Morgan fingerprint density at radius 1 is 0.810 bits per heavy atom. The first kappa shape index (κ1) is 20.4. The first-order valence-electron chi connectivity index (χ1n) is 9.12. The van der Waals surface area contributed by atoms with Crippen molar-refractivity contribution in [1.29, 1.82) is 0 Å². The Hall–Kier alpha value is -0.570. The number of likely N-dealkylation sites (tertiary alicyclic amines) is 1. The maximum Gasteiger partial charge on any atom is 0.222 e. The Balaban J connectivity index is 0.00000400. The van der Waals surface area contributed by atoms with Crippen molar-refractivity contribution in [2.75, 3.05) is 13.1 Å². The summed E-state index contributed by atoms with van der Waals surface area (Å²) in [5, 5.41) is 0. The lowest BCUT2D eigenvalue weighted by Crippen LogP contribution is -2.31. The molecular formula is C18H38N2O. The van der Waals surface area contributed by atoms with Gasteiger partial charge in [-0.1, -0.05) is 71.1 Å². The molecular weight excluding hydrogens is 260 g/mol. The predicted molar refractivity (Wildman–Crippen MR) is 91.9 cm³/mol. The fourth-order valence-corrected chi connectivity index (χ4v) is 3.07. The molecule has 1 heterocycles. The highest BCUT2D eigenvalue weighted by molar-refractivity contribution is 5.76. The lowest BCUT2D eigenvalue weighted by Gasteiger charge is -2.20. The number of unbranched alkanes of at least 4 members (excludes halogenated alkanes) is 9. The lowest BCUT2D eigenvalue weighted by atomic mass is 10.1. The van der Waals surface area contributed by atoms with Crippen LogP contribution in [0.2, 0.25) is 0 Å². The van der Waals surface area contributed by atoms with E-state index in [-0.39, 0.29) is 6.15 Å². The zero-order chi connectivity index (χ0) is 14.5. The highest BCUT2D eigenvalue weighted by Gasteiger charge is 2.15. The van der Waals surface area contributed by atoms with Gasteiger partial charge < -0.3 is 11.1 Å². The number of amides is 1. The molecule has 1 rings (SSSR count). The van der Waals surface area contributed by atoms with Crippen LogP contribution in [0.4, 0.5) is 0 Å². The summed E-state index contributed by atoms with van der Waals surface area (Å²) in [6, 6.07) is 0. The molecule has 0 bridgehead atoms. The Labute approximate surface area is 132 Å². The average Bonchev–Trinajstić information content (AvgIpc) is 2.66. The van der Waals surface area contributed by atoms with E-state index >= 15 is 0 Å². The predicted octanol–water partition coefficient (Wildman–Crippen LogP) is 5.47. The van der Waals surface area contributed by atoms with Crippen LogP contribution in [-0.4, -0.2) is 23.9 Å². The molecule has 1 aliphatic rings. The van der Waals surface area contributed by atoms with Crippen LogP contribution in [0.25, 0.3) is 0 Å². The fourth-order valence-electron chi connectivity index (χ4n) is 3.07. The Morgan fingerprint density at radius 3 is 2.00 bits per heavy atom. The normalized spacial score (nSPS) is 15.7. The topological polar surface area (TPSA) is 55.3 Å². The summed E-state index contributed by atoms with van der Waals surface area (Å²) in [5.41, 5.74) is 0. The molecule has 1 fully saturated rings. The van der Waals surface area contributed by atoms with Crippen LogP contribution in [0.5, 0.6) is 0 Å². The second-order valence-corrected chi connectivity index (χ2v) is 6.37. The van der Waals surface area contributed by atoms with Crippen LogP contribution in [0, 0.1) is 0 Å². The van der Waals surface area contributed by atoms with Gasteiger partial charge in [0.15, 0.2) is 0 Å². The van der Waals surface area contributed by atoms with Crippen molar-refractivity contribution in [2.45, 2.75) is 96.8 Å². The van der Waals surface area contributed by atoms with Crippen LogP contribution in [0.15, 0.2) is 0 Å². The smallest absolute Gasteiger partial charge is 0.222 e. The van der Waals surface area contributed by atoms with E-state index in [4.69, 9.17) is 0 Å². The standard InChI is InChI=1S/C18H35NO.H3N/c1-2-3-4-5-6-7-8-9-10-13-16-19-17-14-11-12-15-18(19)20;/h2-17H2,1H3;1H3. The first-order valence-corrected chi connectivity index (χ1v) is 9.12. The van der Waals surface area contributed by atoms with Gasteiger partial charge in [0, 0.05) is 19.5 Å². The third-order valence-corrected chi connectivity index (χ3v) is 4.45. The molecule has 1 saturated heterocycles. The number of hydrogen-bond acceptors (Lipinski definition) is 2. The molecule has 0 unspecified atom stereocenters. The molecule has 3 nitrogen and oxygen atoms in total. The van der Waals surface area contributed by atoms with E-state index in [1.165, 1.54) is 77.0 Å². The van der Waals surface area contributed by atoms with Crippen molar-refractivity contribution < 1.29 is 4.79 Å². The summed E-state index contributed by atoms with van der Waals surface area (Å²) in [4.78, 5) is 13.9. The Kier molecular flexibility index (Phi) is 14.0. The van der Waals surface area contributed by atoms with Crippen LogP contribution in [0.3, 0.4) is 0 Å². The number of hydrogen-bond donors (Lipinski definition) is 1. The van der Waals surface area contributed by atoms with E-state index < -0.39 is 0 Å². The highest BCUT2D eigenvalue weighted by atomic mass is 16.2. The zero-order valence-corrected chi connectivity index (χ0v) is 14.4. The molecule has 21 heavy (non-hydrogen) atoms. The number of carbonyl (C=O) groups excluding carboxylic acids is 1. The van der Waals surface area contributed by atoms with E-state index in [1.807, 2.05) is 0 Å². The van der Waals surface area contributed by atoms with Gasteiger partial charge in [-0.15, -0.1) is 0 Å². The van der Waals surface area contributed by atoms with Gasteiger partial charge in [-0.05, 0) is 19.3 Å². The van der Waals surface area contributed by atoms with E-state index in [1.54, 1.807) is 0 Å². The number of nitrogens with zero attached hydrogens (tertiary/aromatic N) is 1. The van der Waals surface area contributed by atoms with Crippen molar-refractivity contribution in [3.05, 3.63) is 0 Å². The fraction of sp³-hybridized carbons (Fsp3) is 0.944. The summed E-state index contributed by atoms with van der Waals surface area (Å²) < 4.78 is 0. The van der Waals surface area contributed by atoms with Gasteiger partial charge in [0.25, 0.3) is 0 Å². The van der Waals surface area contributed by atoms with Gasteiger partial charge in [-0.25, -0.2) is 0 Å². The monoisotopic (exact) mass is 298 g/mol. The second kappa shape index (κ2) is 14.4. The molecule has 3 N–H and O–H groups in total. The van der Waals surface area contributed by atoms with Crippen molar-refractivity contribution in [2.24, 2.45) is 0 Å². The second-order valence-electron chi connectivity index (χ2n) is 6.37. The van der Waals surface area contributed by atoms with Crippen LogP contribution in [-0.2, 0) is 4.79 Å². The van der Waals surface area contributed by atoms with Gasteiger partial charge in [-0.2, -0.15) is 0 Å². The average molecular weight is 299 g/mol. The van der Waals surface area contributed by atoms with E-state index in [0.717, 1.165) is 25.9 Å². The third kappa shape index (κ3) is 10.8. The molecule has 0 aromatic rings. The molecule has 0 aromatic carbocycles. The minimum Gasteiger partial charge on any atom is -0.344 e. The molecule has 0 radical (unpaired) electrons. The molecule has 1 amide bonds.